The summed E-state index contributed by atoms with van der Waals surface area (Å²) in [7, 11) is -3.92. The van der Waals surface area contributed by atoms with Gasteiger partial charge in [0.15, 0.2) is 0 Å². The fourth-order valence-electron chi connectivity index (χ4n) is 2.45. The molecule has 1 aromatic heterocycles. The Hall–Kier alpha value is -2.63. The molecule has 0 aliphatic carbocycles. The largest absolute Gasteiger partial charge is 0.378 e. The number of nitro benzene ring substituents is 1. The Bertz CT molecular complexity index is 899. The van der Waals surface area contributed by atoms with Gasteiger partial charge in [0.25, 0.3) is 5.69 Å². The molecule has 1 aliphatic rings. The SMILES string of the molecule is O=[N+]([O-])c1cccc(S(=O)(=O)NCc2nccc(N3CCOCC3)n2)c1. The first kappa shape index (κ1) is 18.2. The highest BCUT2D eigenvalue weighted by molar-refractivity contribution is 7.89. The minimum Gasteiger partial charge on any atom is -0.378 e. The zero-order chi connectivity index (χ0) is 18.6. The molecule has 26 heavy (non-hydrogen) atoms. The highest BCUT2D eigenvalue weighted by Crippen LogP contribution is 2.17. The molecule has 0 spiro atoms. The molecule has 1 N–H and O–H groups in total. The van der Waals surface area contributed by atoms with Gasteiger partial charge in [-0.25, -0.2) is 23.1 Å². The minimum atomic E-state index is -3.92. The summed E-state index contributed by atoms with van der Waals surface area (Å²) in [5.41, 5.74) is -0.293. The van der Waals surface area contributed by atoms with Crippen LogP contribution in [0, 0.1) is 10.1 Å². The van der Waals surface area contributed by atoms with E-state index < -0.39 is 14.9 Å². The van der Waals surface area contributed by atoms with Gasteiger partial charge in [0.2, 0.25) is 10.0 Å². The number of aromatic nitrogens is 2. The van der Waals surface area contributed by atoms with E-state index in [1.807, 2.05) is 4.90 Å². The third-order valence-corrected chi connectivity index (χ3v) is 5.18. The number of benzene rings is 1. The summed E-state index contributed by atoms with van der Waals surface area (Å²) in [6, 6.07) is 6.60. The maximum absolute atomic E-state index is 12.4. The number of rotatable bonds is 6. The number of anilines is 1. The van der Waals surface area contributed by atoms with Crippen LogP contribution < -0.4 is 9.62 Å². The van der Waals surface area contributed by atoms with Crippen LogP contribution in [0.3, 0.4) is 0 Å². The average Bonchev–Trinajstić information content (AvgIpc) is 2.67. The molecule has 2 aromatic rings. The number of ether oxygens (including phenoxy) is 1. The van der Waals surface area contributed by atoms with Gasteiger partial charge in [-0.1, -0.05) is 6.07 Å². The summed E-state index contributed by atoms with van der Waals surface area (Å²) in [5, 5.41) is 10.8. The van der Waals surface area contributed by atoms with Gasteiger partial charge in [-0.05, 0) is 12.1 Å². The van der Waals surface area contributed by atoms with E-state index in [0.717, 1.165) is 6.07 Å². The van der Waals surface area contributed by atoms with Crippen molar-refractivity contribution in [2.75, 3.05) is 31.2 Å². The molecule has 1 saturated heterocycles. The molecule has 1 fully saturated rings. The van der Waals surface area contributed by atoms with Crippen LogP contribution in [0.15, 0.2) is 41.4 Å². The van der Waals surface area contributed by atoms with E-state index in [1.165, 1.54) is 18.2 Å². The Morgan fingerprint density at radius 2 is 2.04 bits per heavy atom. The van der Waals surface area contributed by atoms with Crippen molar-refractivity contribution in [1.82, 2.24) is 14.7 Å². The summed E-state index contributed by atoms with van der Waals surface area (Å²) in [5.74, 6) is 1.01. The van der Waals surface area contributed by atoms with Crippen LogP contribution >= 0.6 is 0 Å². The molecule has 0 unspecified atom stereocenters. The van der Waals surface area contributed by atoms with Crippen LogP contribution in [-0.2, 0) is 21.3 Å². The molecule has 1 aromatic carbocycles. The third kappa shape index (κ3) is 4.31. The predicted molar refractivity (Wildman–Crippen MR) is 92.2 cm³/mol. The fraction of sp³-hybridized carbons (Fsp3) is 0.333. The van der Waals surface area contributed by atoms with E-state index in [1.54, 1.807) is 12.3 Å². The van der Waals surface area contributed by atoms with E-state index >= 15 is 0 Å². The van der Waals surface area contributed by atoms with Crippen LogP contribution in [0.25, 0.3) is 0 Å². The van der Waals surface area contributed by atoms with E-state index in [0.29, 0.717) is 37.9 Å². The summed E-state index contributed by atoms with van der Waals surface area (Å²) in [6.45, 7) is 2.51. The highest BCUT2D eigenvalue weighted by Gasteiger charge is 2.18. The van der Waals surface area contributed by atoms with Crippen molar-refractivity contribution in [3.05, 3.63) is 52.5 Å². The smallest absolute Gasteiger partial charge is 0.270 e. The summed E-state index contributed by atoms with van der Waals surface area (Å²) in [6.07, 6.45) is 1.56. The van der Waals surface area contributed by atoms with Gasteiger partial charge in [-0.2, -0.15) is 0 Å². The third-order valence-electron chi connectivity index (χ3n) is 3.78. The van der Waals surface area contributed by atoms with E-state index in [2.05, 4.69) is 14.7 Å². The molecule has 11 heteroatoms. The molecule has 138 valence electrons. The summed E-state index contributed by atoms with van der Waals surface area (Å²) < 4.78 is 32.4. The second kappa shape index (κ2) is 7.72. The van der Waals surface area contributed by atoms with Gasteiger partial charge in [-0.3, -0.25) is 10.1 Å². The van der Waals surface area contributed by atoms with Gasteiger partial charge in [-0.15, -0.1) is 0 Å². The first-order valence-corrected chi connectivity index (χ1v) is 9.33. The Labute approximate surface area is 150 Å². The Balaban J connectivity index is 1.71. The molecule has 10 nitrogen and oxygen atoms in total. The Morgan fingerprint density at radius 1 is 1.27 bits per heavy atom. The van der Waals surface area contributed by atoms with Crippen LogP contribution in [0.1, 0.15) is 5.82 Å². The number of sulfonamides is 1. The number of hydrogen-bond donors (Lipinski definition) is 1. The molecule has 1 aliphatic heterocycles. The Kier molecular flexibility index (Phi) is 5.40. The average molecular weight is 379 g/mol. The normalized spacial score (nSPS) is 15.0. The zero-order valence-electron chi connectivity index (χ0n) is 13.7. The molecule has 0 radical (unpaired) electrons. The second-order valence-corrected chi connectivity index (χ2v) is 7.28. The number of non-ortho nitro benzene ring substituents is 1. The van der Waals surface area contributed by atoms with Crippen LogP contribution in [0.2, 0.25) is 0 Å². The zero-order valence-corrected chi connectivity index (χ0v) is 14.6. The number of nitro groups is 1. The summed E-state index contributed by atoms with van der Waals surface area (Å²) in [4.78, 5) is 20.4. The molecule has 0 amide bonds. The van der Waals surface area contributed by atoms with Crippen molar-refractivity contribution in [3.8, 4) is 0 Å². The van der Waals surface area contributed by atoms with E-state index in [4.69, 9.17) is 4.74 Å². The molecular weight excluding hydrogens is 362 g/mol. The lowest BCUT2D eigenvalue weighted by atomic mass is 10.3. The molecule has 0 bridgehead atoms. The topological polar surface area (TPSA) is 128 Å². The minimum absolute atomic E-state index is 0.122. The fourth-order valence-corrected chi connectivity index (χ4v) is 3.47. The number of nitrogens with one attached hydrogen (secondary N) is 1. The molecule has 0 saturated carbocycles. The monoisotopic (exact) mass is 379 g/mol. The van der Waals surface area contributed by atoms with Crippen molar-refractivity contribution in [3.63, 3.8) is 0 Å². The molecular formula is C15H17N5O5S. The van der Waals surface area contributed by atoms with Gasteiger partial charge < -0.3 is 9.64 Å². The standard InChI is InChI=1S/C15H17N5O5S/c21-20(22)12-2-1-3-13(10-12)26(23,24)17-11-14-16-5-4-15(18-14)19-6-8-25-9-7-19/h1-5,10,17H,6-9,11H2. The van der Waals surface area contributed by atoms with E-state index in [-0.39, 0.29) is 17.1 Å². The van der Waals surface area contributed by atoms with Gasteiger partial charge in [0.1, 0.15) is 11.6 Å². The summed E-state index contributed by atoms with van der Waals surface area (Å²) >= 11 is 0. The predicted octanol–water partition coefficient (Wildman–Crippen LogP) is 0.700. The van der Waals surface area contributed by atoms with Gasteiger partial charge >= 0.3 is 0 Å². The first-order valence-electron chi connectivity index (χ1n) is 7.84. The number of hydrogen-bond acceptors (Lipinski definition) is 8. The number of morpholine rings is 1. The van der Waals surface area contributed by atoms with Crippen molar-refractivity contribution in [1.29, 1.82) is 0 Å². The van der Waals surface area contributed by atoms with Gasteiger partial charge in [0.05, 0.1) is 29.6 Å². The van der Waals surface area contributed by atoms with E-state index in [9.17, 15) is 18.5 Å². The highest BCUT2D eigenvalue weighted by atomic mass is 32.2. The van der Waals surface area contributed by atoms with Crippen LogP contribution in [-0.4, -0.2) is 49.6 Å². The molecule has 0 atom stereocenters. The van der Waals surface area contributed by atoms with Gasteiger partial charge in [0, 0.05) is 31.4 Å². The maximum Gasteiger partial charge on any atom is 0.270 e. The van der Waals surface area contributed by atoms with Crippen molar-refractivity contribution >= 4 is 21.5 Å². The molecule has 2 heterocycles. The van der Waals surface area contributed by atoms with Crippen LogP contribution in [0.4, 0.5) is 11.5 Å². The quantitative estimate of drug-likeness (QED) is 0.574. The second-order valence-electron chi connectivity index (χ2n) is 5.51. The van der Waals surface area contributed by atoms with Crippen LogP contribution in [0.5, 0.6) is 0 Å². The van der Waals surface area contributed by atoms with Crippen molar-refractivity contribution in [2.45, 2.75) is 11.4 Å². The molecule has 3 rings (SSSR count). The lowest BCUT2D eigenvalue weighted by Gasteiger charge is -2.27. The number of nitrogens with zero attached hydrogens (tertiary/aromatic N) is 4. The Morgan fingerprint density at radius 3 is 2.77 bits per heavy atom. The van der Waals surface area contributed by atoms with Crippen molar-refractivity contribution < 1.29 is 18.1 Å². The first-order chi connectivity index (χ1) is 12.5. The van der Waals surface area contributed by atoms with Crippen molar-refractivity contribution in [2.24, 2.45) is 0 Å². The lowest BCUT2D eigenvalue weighted by molar-refractivity contribution is -0.385. The maximum atomic E-state index is 12.4. The lowest BCUT2D eigenvalue weighted by Crippen LogP contribution is -2.37.